The molecule has 8 nitrogen and oxygen atoms in total. The minimum Gasteiger partial charge on any atom is -0.395 e. The summed E-state index contributed by atoms with van der Waals surface area (Å²) in [6, 6.07) is 11.5. The van der Waals surface area contributed by atoms with Crippen LogP contribution in [0, 0.1) is 0 Å². The summed E-state index contributed by atoms with van der Waals surface area (Å²) in [5.41, 5.74) is 0.982. The lowest BCUT2D eigenvalue weighted by Gasteiger charge is -2.36. The predicted molar refractivity (Wildman–Crippen MR) is 122 cm³/mol. The van der Waals surface area contributed by atoms with E-state index in [0.717, 1.165) is 63.0 Å². The zero-order chi connectivity index (χ0) is 21.6. The van der Waals surface area contributed by atoms with Gasteiger partial charge in [0.05, 0.1) is 13.0 Å². The van der Waals surface area contributed by atoms with Crippen molar-refractivity contribution in [1.29, 1.82) is 0 Å². The number of benzene rings is 1. The lowest BCUT2D eigenvalue weighted by molar-refractivity contribution is -0.130. The van der Waals surface area contributed by atoms with Crippen LogP contribution in [0.4, 0.5) is 11.6 Å². The Kier molecular flexibility index (Phi) is 7.21. The fourth-order valence-corrected chi connectivity index (χ4v) is 4.20. The van der Waals surface area contributed by atoms with Crippen LogP contribution >= 0.6 is 11.6 Å². The minimum absolute atomic E-state index is 0.142. The zero-order valence-electron chi connectivity index (χ0n) is 17.7. The molecule has 0 aliphatic carbocycles. The molecule has 0 atom stereocenters. The monoisotopic (exact) mass is 444 g/mol. The molecular formula is C22H29ClN6O2. The van der Waals surface area contributed by atoms with Gasteiger partial charge in [-0.3, -0.25) is 9.69 Å². The molecule has 0 bridgehead atoms. The first-order chi connectivity index (χ1) is 15.1. The maximum atomic E-state index is 12.6. The van der Waals surface area contributed by atoms with Crippen LogP contribution in [-0.2, 0) is 11.2 Å². The summed E-state index contributed by atoms with van der Waals surface area (Å²) in [7, 11) is 0. The highest BCUT2D eigenvalue weighted by Gasteiger charge is 2.23. The van der Waals surface area contributed by atoms with Crippen molar-refractivity contribution in [3.05, 3.63) is 47.0 Å². The number of amides is 1. The van der Waals surface area contributed by atoms with Crippen LogP contribution in [0.5, 0.6) is 0 Å². The Morgan fingerprint density at radius 2 is 1.39 bits per heavy atom. The van der Waals surface area contributed by atoms with E-state index in [4.69, 9.17) is 16.7 Å². The number of piperazine rings is 2. The molecule has 0 saturated carbocycles. The normalized spacial score (nSPS) is 17.8. The van der Waals surface area contributed by atoms with E-state index in [0.29, 0.717) is 24.5 Å². The summed E-state index contributed by atoms with van der Waals surface area (Å²) >= 11 is 5.92. The average molecular weight is 445 g/mol. The highest BCUT2D eigenvalue weighted by Crippen LogP contribution is 2.18. The predicted octanol–water partition coefficient (Wildman–Crippen LogP) is 1.14. The van der Waals surface area contributed by atoms with Crippen LogP contribution in [0.15, 0.2) is 36.4 Å². The molecule has 1 amide bonds. The van der Waals surface area contributed by atoms with Gasteiger partial charge in [-0.1, -0.05) is 23.7 Å². The van der Waals surface area contributed by atoms with Gasteiger partial charge in [-0.2, -0.15) is 0 Å². The van der Waals surface area contributed by atoms with E-state index in [-0.39, 0.29) is 12.5 Å². The third-order valence-corrected chi connectivity index (χ3v) is 6.23. The molecule has 0 unspecified atom stereocenters. The Labute approximate surface area is 188 Å². The van der Waals surface area contributed by atoms with Crippen LogP contribution in [0.3, 0.4) is 0 Å². The number of hydrogen-bond acceptors (Lipinski definition) is 7. The van der Waals surface area contributed by atoms with Gasteiger partial charge in [0.25, 0.3) is 0 Å². The van der Waals surface area contributed by atoms with E-state index in [9.17, 15) is 4.79 Å². The van der Waals surface area contributed by atoms with Gasteiger partial charge in [0, 0.05) is 63.9 Å². The highest BCUT2D eigenvalue weighted by atomic mass is 35.5. The van der Waals surface area contributed by atoms with Crippen LogP contribution in [-0.4, -0.2) is 96.5 Å². The maximum Gasteiger partial charge on any atom is 0.227 e. The van der Waals surface area contributed by atoms with Gasteiger partial charge in [0.15, 0.2) is 11.6 Å². The zero-order valence-corrected chi connectivity index (χ0v) is 18.4. The van der Waals surface area contributed by atoms with Gasteiger partial charge >= 0.3 is 0 Å². The van der Waals surface area contributed by atoms with E-state index in [1.165, 1.54) is 0 Å². The molecule has 4 rings (SSSR count). The van der Waals surface area contributed by atoms with E-state index in [1.807, 2.05) is 41.3 Å². The Hall–Kier alpha value is -2.42. The molecule has 2 aliphatic rings. The molecule has 1 aromatic carbocycles. The summed E-state index contributed by atoms with van der Waals surface area (Å²) in [6.07, 6.45) is 0.400. The number of β-amino-alcohol motifs (C(OH)–C–C–N with tert-alkyl or cyclic N) is 1. The van der Waals surface area contributed by atoms with Crippen molar-refractivity contribution in [3.63, 3.8) is 0 Å². The second-order valence-electron chi connectivity index (χ2n) is 7.97. The summed E-state index contributed by atoms with van der Waals surface area (Å²) in [5, 5.41) is 18.6. The summed E-state index contributed by atoms with van der Waals surface area (Å²) in [6.45, 7) is 7.43. The lowest BCUT2D eigenvalue weighted by atomic mass is 10.1. The SMILES string of the molecule is O=C(Cc1ccc(Cl)cc1)N1CCN(c2ccc(N3CCN(CCO)CC3)nn2)CC1. The van der Waals surface area contributed by atoms with E-state index in [2.05, 4.69) is 24.9 Å². The standard InChI is InChI=1S/C22H29ClN6O2/c23-19-3-1-18(2-4-19)17-22(31)29-13-11-28(12-14-29)21-6-5-20(24-25-21)27-9-7-26(8-10-27)15-16-30/h1-6,30H,7-17H2. The van der Waals surface area contributed by atoms with Crippen molar-refractivity contribution in [2.75, 3.05) is 75.3 Å². The summed E-state index contributed by atoms with van der Waals surface area (Å²) in [5.74, 6) is 1.89. The van der Waals surface area contributed by atoms with Crippen molar-refractivity contribution >= 4 is 29.1 Å². The number of anilines is 2. The van der Waals surface area contributed by atoms with Gasteiger partial charge in [0.1, 0.15) is 0 Å². The first-order valence-electron chi connectivity index (χ1n) is 10.8. The van der Waals surface area contributed by atoms with Crippen LogP contribution in [0.25, 0.3) is 0 Å². The smallest absolute Gasteiger partial charge is 0.227 e. The number of nitrogens with zero attached hydrogens (tertiary/aromatic N) is 6. The maximum absolute atomic E-state index is 12.6. The van der Waals surface area contributed by atoms with Gasteiger partial charge < -0.3 is 19.8 Å². The van der Waals surface area contributed by atoms with E-state index < -0.39 is 0 Å². The lowest BCUT2D eigenvalue weighted by Crippen LogP contribution is -2.49. The van der Waals surface area contributed by atoms with Gasteiger partial charge in [-0.25, -0.2) is 0 Å². The number of aliphatic hydroxyl groups is 1. The number of hydrogen-bond donors (Lipinski definition) is 1. The molecule has 0 radical (unpaired) electrons. The van der Waals surface area contributed by atoms with Crippen molar-refractivity contribution in [1.82, 2.24) is 20.0 Å². The molecular weight excluding hydrogens is 416 g/mol. The molecule has 9 heteroatoms. The Bertz CT molecular complexity index is 847. The number of aliphatic hydroxyl groups excluding tert-OH is 1. The first-order valence-corrected chi connectivity index (χ1v) is 11.2. The molecule has 3 heterocycles. The fourth-order valence-electron chi connectivity index (χ4n) is 4.07. The fraction of sp³-hybridized carbons (Fsp3) is 0.500. The molecule has 166 valence electrons. The van der Waals surface area contributed by atoms with Gasteiger partial charge in [-0.15, -0.1) is 10.2 Å². The van der Waals surface area contributed by atoms with Crippen molar-refractivity contribution < 1.29 is 9.90 Å². The quantitative estimate of drug-likeness (QED) is 0.715. The molecule has 2 fully saturated rings. The first kappa shape index (κ1) is 21.8. The van der Waals surface area contributed by atoms with Crippen LogP contribution in [0.2, 0.25) is 5.02 Å². The molecule has 31 heavy (non-hydrogen) atoms. The summed E-state index contributed by atoms with van der Waals surface area (Å²) < 4.78 is 0. The van der Waals surface area contributed by atoms with E-state index >= 15 is 0 Å². The molecule has 0 spiro atoms. The Morgan fingerprint density at radius 1 is 0.839 bits per heavy atom. The van der Waals surface area contributed by atoms with Crippen LogP contribution in [0.1, 0.15) is 5.56 Å². The number of carbonyl (C=O) groups excluding carboxylic acids is 1. The van der Waals surface area contributed by atoms with Gasteiger partial charge in [-0.05, 0) is 29.8 Å². The molecule has 2 saturated heterocycles. The second kappa shape index (κ2) is 10.3. The average Bonchev–Trinajstić information content (AvgIpc) is 2.81. The molecule has 1 N–H and O–H groups in total. The summed E-state index contributed by atoms with van der Waals surface area (Å²) in [4.78, 5) is 21.2. The topological polar surface area (TPSA) is 76.0 Å². The third-order valence-electron chi connectivity index (χ3n) is 5.97. The van der Waals surface area contributed by atoms with Crippen LogP contribution < -0.4 is 9.80 Å². The van der Waals surface area contributed by atoms with Crippen molar-refractivity contribution in [3.8, 4) is 0 Å². The third kappa shape index (κ3) is 5.64. The number of halogens is 1. The number of rotatable bonds is 6. The number of aromatic nitrogens is 2. The van der Waals surface area contributed by atoms with Crippen molar-refractivity contribution in [2.45, 2.75) is 6.42 Å². The highest BCUT2D eigenvalue weighted by molar-refractivity contribution is 6.30. The second-order valence-corrected chi connectivity index (χ2v) is 8.41. The Balaban J connectivity index is 1.26. The molecule has 2 aromatic rings. The minimum atomic E-state index is 0.142. The van der Waals surface area contributed by atoms with Gasteiger partial charge in [0.2, 0.25) is 5.91 Å². The van der Waals surface area contributed by atoms with E-state index in [1.54, 1.807) is 0 Å². The largest absolute Gasteiger partial charge is 0.395 e. The molecule has 1 aromatic heterocycles. The Morgan fingerprint density at radius 3 is 1.90 bits per heavy atom. The number of carbonyl (C=O) groups is 1. The van der Waals surface area contributed by atoms with Crippen molar-refractivity contribution in [2.24, 2.45) is 0 Å². The molecule has 2 aliphatic heterocycles.